The Morgan fingerprint density at radius 2 is 2.30 bits per heavy atom. The monoisotopic (exact) mass is 431 g/mol. The fourth-order valence-electron chi connectivity index (χ4n) is 4.43. The minimum Gasteiger partial charge on any atom is -0.477 e. The smallest absolute Gasteiger partial charge is 0.342 e. The second-order valence-corrected chi connectivity index (χ2v) is 8.07. The molecule has 4 heterocycles. The molecule has 8 nitrogen and oxygen atoms in total. The largest absolute Gasteiger partial charge is 0.477 e. The second-order valence-electron chi connectivity index (χ2n) is 7.22. The first-order chi connectivity index (χ1) is 14.5. The molecule has 0 bridgehead atoms. The molecule has 10 heteroatoms. The van der Waals surface area contributed by atoms with Crippen LogP contribution in [0.5, 0.6) is 0 Å². The number of morpholine rings is 1. The van der Waals surface area contributed by atoms with Crippen molar-refractivity contribution in [3.63, 3.8) is 0 Å². The van der Waals surface area contributed by atoms with Crippen LogP contribution in [-0.2, 0) is 9.47 Å². The van der Waals surface area contributed by atoms with Crippen LogP contribution >= 0.6 is 11.3 Å². The van der Waals surface area contributed by atoms with E-state index in [-0.39, 0.29) is 17.1 Å². The van der Waals surface area contributed by atoms with Gasteiger partial charge in [0.1, 0.15) is 16.2 Å². The Balaban J connectivity index is 1.90. The zero-order valence-electron chi connectivity index (χ0n) is 16.3. The molecule has 0 amide bonds. The summed E-state index contributed by atoms with van der Waals surface area (Å²) in [5.74, 6) is -1.91. The number of nitrogens with zero attached hydrogens (tertiary/aromatic N) is 3. The predicted octanol–water partition coefficient (Wildman–Crippen LogP) is 1.76. The molecule has 0 aliphatic carbocycles. The molecule has 0 radical (unpaired) electrons. The Bertz CT molecular complexity index is 1410. The summed E-state index contributed by atoms with van der Waals surface area (Å²) in [5.41, 5.74) is 0.483. The lowest BCUT2D eigenvalue weighted by Gasteiger charge is -2.34. The molecule has 1 atom stereocenters. The summed E-state index contributed by atoms with van der Waals surface area (Å²) < 4.78 is 28.1. The Morgan fingerprint density at radius 3 is 3.00 bits per heavy atom. The van der Waals surface area contributed by atoms with E-state index in [9.17, 15) is 14.7 Å². The van der Waals surface area contributed by atoms with Gasteiger partial charge in [-0.05, 0) is 6.07 Å². The number of rotatable bonds is 4. The summed E-state index contributed by atoms with van der Waals surface area (Å²) in [4.78, 5) is 31.4. The van der Waals surface area contributed by atoms with Gasteiger partial charge in [-0.1, -0.05) is 0 Å². The van der Waals surface area contributed by atoms with Gasteiger partial charge in [-0.15, -0.1) is 11.3 Å². The minimum absolute atomic E-state index is 0.0427. The van der Waals surface area contributed by atoms with Gasteiger partial charge >= 0.3 is 5.97 Å². The maximum atomic E-state index is 15.5. The lowest BCUT2D eigenvalue weighted by Crippen LogP contribution is -2.45. The number of carboxylic acids is 1. The molecule has 0 saturated carbocycles. The highest BCUT2D eigenvalue weighted by atomic mass is 32.1. The lowest BCUT2D eigenvalue weighted by molar-refractivity contribution is -0.0101. The van der Waals surface area contributed by atoms with Crippen molar-refractivity contribution in [1.82, 2.24) is 4.40 Å². The van der Waals surface area contributed by atoms with Crippen molar-refractivity contribution in [3.8, 4) is 0 Å². The Kier molecular flexibility index (Phi) is 4.38. The SMILES string of the molecule is CN=c1c2c(N3CCO[C@H](COC)C3)c(F)cc3c(=O)c(C(=O)O)c4scc1n4c32. The van der Waals surface area contributed by atoms with Gasteiger partial charge < -0.3 is 19.5 Å². The molecule has 156 valence electrons. The quantitative estimate of drug-likeness (QED) is 0.529. The number of halogens is 1. The molecule has 1 aromatic carbocycles. The van der Waals surface area contributed by atoms with Crippen LogP contribution in [0.25, 0.3) is 26.6 Å². The van der Waals surface area contributed by atoms with E-state index in [4.69, 9.17) is 9.47 Å². The summed E-state index contributed by atoms with van der Waals surface area (Å²) in [6.45, 7) is 1.70. The highest BCUT2D eigenvalue weighted by Crippen LogP contribution is 2.36. The van der Waals surface area contributed by atoms with Crippen molar-refractivity contribution >= 4 is 49.6 Å². The van der Waals surface area contributed by atoms with E-state index in [1.54, 1.807) is 23.9 Å². The molecule has 30 heavy (non-hydrogen) atoms. The first kappa shape index (κ1) is 19.2. The van der Waals surface area contributed by atoms with Gasteiger partial charge in [-0.25, -0.2) is 9.18 Å². The number of aromatic carboxylic acids is 1. The normalized spacial score (nSPS) is 18.4. The van der Waals surface area contributed by atoms with Crippen LogP contribution in [0.4, 0.5) is 10.1 Å². The third-order valence-corrected chi connectivity index (χ3v) is 6.54. The number of benzene rings is 1. The summed E-state index contributed by atoms with van der Waals surface area (Å²) in [6.07, 6.45) is -0.208. The number of hydrogen-bond donors (Lipinski definition) is 1. The zero-order chi connectivity index (χ0) is 21.2. The molecule has 1 aliphatic heterocycles. The van der Waals surface area contributed by atoms with E-state index < -0.39 is 17.2 Å². The molecular weight excluding hydrogens is 413 g/mol. The highest BCUT2D eigenvalue weighted by molar-refractivity contribution is 7.16. The van der Waals surface area contributed by atoms with Gasteiger partial charge in [0.25, 0.3) is 0 Å². The number of methoxy groups -OCH3 is 1. The molecule has 4 aromatic rings. The fraction of sp³-hybridized carbons (Fsp3) is 0.350. The summed E-state index contributed by atoms with van der Waals surface area (Å²) in [7, 11) is 3.19. The van der Waals surface area contributed by atoms with Crippen LogP contribution in [0, 0.1) is 5.82 Å². The third kappa shape index (κ3) is 2.47. The van der Waals surface area contributed by atoms with Gasteiger partial charge in [-0.2, -0.15) is 0 Å². The van der Waals surface area contributed by atoms with Crippen LogP contribution in [0.3, 0.4) is 0 Å². The van der Waals surface area contributed by atoms with Crippen LogP contribution in [0.2, 0.25) is 0 Å². The summed E-state index contributed by atoms with van der Waals surface area (Å²) in [6, 6.07) is 1.15. The molecule has 1 saturated heterocycles. The number of ether oxygens (including phenoxy) is 2. The average molecular weight is 431 g/mol. The second kappa shape index (κ2) is 6.86. The van der Waals surface area contributed by atoms with Crippen molar-refractivity contribution in [3.05, 3.63) is 38.4 Å². The number of pyridine rings is 1. The molecule has 5 rings (SSSR count). The van der Waals surface area contributed by atoms with E-state index in [1.165, 1.54) is 11.3 Å². The number of aromatic nitrogens is 1. The standard InChI is InChI=1S/C20H18FN3O5S/c1-22-15-12-8-30-19-14(20(26)27)18(25)10-5-11(21)17(13(15)16(10)24(12)19)23-3-4-29-9(6-23)7-28-2/h5,8-9H,3-4,6-7H2,1-2H3,(H,26,27)/t9-/m0/s1. The van der Waals surface area contributed by atoms with Crippen molar-refractivity contribution in [2.75, 3.05) is 45.4 Å². The van der Waals surface area contributed by atoms with E-state index in [1.807, 2.05) is 4.90 Å². The van der Waals surface area contributed by atoms with E-state index >= 15 is 4.39 Å². The number of anilines is 1. The number of carbonyl (C=O) groups is 1. The van der Waals surface area contributed by atoms with Crippen LogP contribution < -0.4 is 15.7 Å². The van der Waals surface area contributed by atoms with Crippen LogP contribution in [0.1, 0.15) is 10.4 Å². The third-order valence-electron chi connectivity index (χ3n) is 5.59. The molecule has 1 N–H and O–H groups in total. The minimum atomic E-state index is -1.33. The average Bonchev–Trinajstić information content (AvgIpc) is 3.26. The maximum Gasteiger partial charge on any atom is 0.342 e. The highest BCUT2D eigenvalue weighted by Gasteiger charge is 2.31. The Hall–Kier alpha value is -2.82. The molecule has 0 unspecified atom stereocenters. The number of hydrogen-bond acceptors (Lipinski definition) is 7. The summed E-state index contributed by atoms with van der Waals surface area (Å²) in [5, 5.41) is 12.5. The molecule has 0 spiro atoms. The topological polar surface area (TPSA) is 92.8 Å². The van der Waals surface area contributed by atoms with E-state index in [0.717, 1.165) is 6.07 Å². The van der Waals surface area contributed by atoms with Crippen molar-refractivity contribution in [2.24, 2.45) is 4.99 Å². The number of carboxylic acid groups (broad SMARTS) is 1. The van der Waals surface area contributed by atoms with E-state index in [2.05, 4.69) is 4.99 Å². The molecule has 1 aliphatic rings. The van der Waals surface area contributed by atoms with Gasteiger partial charge in [0.15, 0.2) is 0 Å². The molecular formula is C20H18FN3O5S. The summed E-state index contributed by atoms with van der Waals surface area (Å²) >= 11 is 1.17. The lowest BCUT2D eigenvalue weighted by atomic mass is 10.1. The van der Waals surface area contributed by atoms with Gasteiger partial charge in [0.2, 0.25) is 5.43 Å². The van der Waals surface area contributed by atoms with E-state index in [0.29, 0.717) is 58.6 Å². The Morgan fingerprint density at radius 1 is 1.50 bits per heavy atom. The van der Waals surface area contributed by atoms with Crippen LogP contribution in [-0.4, -0.2) is 62.0 Å². The predicted molar refractivity (Wildman–Crippen MR) is 111 cm³/mol. The zero-order valence-corrected chi connectivity index (χ0v) is 17.1. The van der Waals surface area contributed by atoms with Gasteiger partial charge in [0, 0.05) is 32.6 Å². The molecule has 1 fully saturated rings. The van der Waals surface area contributed by atoms with Crippen molar-refractivity contribution in [1.29, 1.82) is 0 Å². The first-order valence-corrected chi connectivity index (χ1v) is 10.2. The van der Waals surface area contributed by atoms with Crippen LogP contribution in [0.15, 0.2) is 21.2 Å². The van der Waals surface area contributed by atoms with Crippen molar-refractivity contribution < 1.29 is 23.8 Å². The first-order valence-electron chi connectivity index (χ1n) is 9.36. The maximum absolute atomic E-state index is 15.5. The molecule has 3 aromatic heterocycles. The van der Waals surface area contributed by atoms with Gasteiger partial charge in [0.05, 0.1) is 52.2 Å². The van der Waals surface area contributed by atoms with Crippen molar-refractivity contribution in [2.45, 2.75) is 6.10 Å². The fourth-order valence-corrected chi connectivity index (χ4v) is 5.47. The van der Waals surface area contributed by atoms with Gasteiger partial charge in [-0.3, -0.25) is 14.2 Å². The number of thiazole rings is 1. The Labute approximate surface area is 173 Å².